The van der Waals surface area contributed by atoms with Gasteiger partial charge in [-0.25, -0.2) is 0 Å². The van der Waals surface area contributed by atoms with Gasteiger partial charge in [0.1, 0.15) is 5.75 Å². The Morgan fingerprint density at radius 1 is 0.955 bits per heavy atom. The molecular weight excluding hydrogens is 362 g/mol. The number of halogens is 1. The predicted octanol–water partition coefficient (Wildman–Crippen LogP) is -1.07. The summed E-state index contributed by atoms with van der Waals surface area (Å²) in [7, 11) is 0. The van der Waals surface area contributed by atoms with Gasteiger partial charge in [-0.15, -0.1) is 0 Å². The van der Waals surface area contributed by atoms with Gasteiger partial charge in [0.25, 0.3) is 0 Å². The van der Waals surface area contributed by atoms with Crippen molar-refractivity contribution in [2.75, 3.05) is 13.2 Å². The van der Waals surface area contributed by atoms with Crippen LogP contribution in [0.3, 0.4) is 0 Å². The second-order valence-electron chi connectivity index (χ2n) is 4.96. The van der Waals surface area contributed by atoms with Crippen LogP contribution in [-0.4, -0.2) is 35.0 Å². The molecule has 1 rings (SSSR count). The molecule has 8 heteroatoms. The molecule has 3 N–H and O–H groups in total. The molecule has 22 heavy (non-hydrogen) atoms. The molecule has 0 aliphatic heterocycles. The average molecular weight is 385 g/mol. The van der Waals surface area contributed by atoms with E-state index in [0.717, 1.165) is 25.7 Å². The molecule has 0 radical (unpaired) electrons. The summed E-state index contributed by atoms with van der Waals surface area (Å²) in [6.45, 7) is 1.41. The minimum Gasteiger partial charge on any atom is -0.556 e. The molecule has 1 aromatic rings. The second kappa shape index (κ2) is 10.9. The zero-order valence-electron chi connectivity index (χ0n) is 13.5. The Labute approximate surface area is 162 Å². The van der Waals surface area contributed by atoms with Crippen molar-refractivity contribution < 1.29 is 54.1 Å². The number of hydrogen-bond acceptors (Lipinski definition) is 5. The standard InChI is InChI=1S/C14H23BBrO5.Na/c1-3-5-7-20-13-10-12(16)14(21-8-6-4-2)9-11(13)15(17,18)19;/h9-10,17-19H,3-8H2,1-2H3;/q-1;+1. The van der Waals surface area contributed by atoms with E-state index in [-0.39, 0.29) is 40.8 Å². The number of unbranched alkanes of at least 4 members (excludes halogenated alkanes) is 2. The maximum absolute atomic E-state index is 9.54. The third-order valence-corrected chi connectivity index (χ3v) is 3.61. The van der Waals surface area contributed by atoms with E-state index in [4.69, 9.17) is 9.47 Å². The van der Waals surface area contributed by atoms with E-state index in [1.165, 1.54) is 6.07 Å². The fourth-order valence-electron chi connectivity index (χ4n) is 1.74. The van der Waals surface area contributed by atoms with Gasteiger partial charge in [-0.05, 0) is 40.9 Å². The normalized spacial score (nSPS) is 11.0. The van der Waals surface area contributed by atoms with Crippen LogP contribution in [0.2, 0.25) is 0 Å². The Kier molecular flexibility index (Phi) is 11.0. The quantitative estimate of drug-likeness (QED) is 0.373. The minimum absolute atomic E-state index is 0. The second-order valence-corrected chi connectivity index (χ2v) is 5.81. The van der Waals surface area contributed by atoms with Crippen molar-refractivity contribution in [3.05, 3.63) is 16.6 Å². The summed E-state index contributed by atoms with van der Waals surface area (Å²) in [5.41, 5.74) is -0.0687. The first kappa shape index (κ1) is 22.2. The van der Waals surface area contributed by atoms with Gasteiger partial charge in [-0.2, -0.15) is 0 Å². The molecule has 0 atom stereocenters. The SMILES string of the molecule is CCCCOc1cc([B-](O)(O)O)c(OCCCC)cc1Br.[Na+]. The third-order valence-electron chi connectivity index (χ3n) is 2.99. The van der Waals surface area contributed by atoms with Crippen LogP contribution < -0.4 is 44.5 Å². The van der Waals surface area contributed by atoms with E-state index in [2.05, 4.69) is 22.9 Å². The van der Waals surface area contributed by atoms with Crippen molar-refractivity contribution in [2.24, 2.45) is 0 Å². The minimum atomic E-state index is -3.64. The van der Waals surface area contributed by atoms with Gasteiger partial charge < -0.3 is 24.5 Å². The van der Waals surface area contributed by atoms with Crippen molar-refractivity contribution in [1.82, 2.24) is 0 Å². The van der Waals surface area contributed by atoms with Gasteiger partial charge in [-0.1, -0.05) is 32.2 Å². The molecule has 0 aliphatic carbocycles. The van der Waals surface area contributed by atoms with E-state index in [1.807, 2.05) is 6.92 Å². The van der Waals surface area contributed by atoms with Crippen LogP contribution in [0, 0.1) is 0 Å². The van der Waals surface area contributed by atoms with Crippen molar-refractivity contribution in [3.8, 4) is 11.5 Å². The van der Waals surface area contributed by atoms with Crippen LogP contribution in [0.1, 0.15) is 39.5 Å². The number of hydrogen-bond donors (Lipinski definition) is 3. The van der Waals surface area contributed by atoms with Gasteiger partial charge >= 0.3 is 36.3 Å². The Morgan fingerprint density at radius 3 is 1.91 bits per heavy atom. The van der Waals surface area contributed by atoms with Crippen molar-refractivity contribution in [1.29, 1.82) is 0 Å². The van der Waals surface area contributed by atoms with Crippen LogP contribution in [0.4, 0.5) is 0 Å². The summed E-state index contributed by atoms with van der Waals surface area (Å²) < 4.78 is 11.7. The van der Waals surface area contributed by atoms with E-state index in [9.17, 15) is 15.1 Å². The molecule has 0 aliphatic rings. The summed E-state index contributed by atoms with van der Waals surface area (Å²) in [6.07, 6.45) is 3.69. The van der Waals surface area contributed by atoms with E-state index in [0.29, 0.717) is 23.4 Å². The van der Waals surface area contributed by atoms with Crippen molar-refractivity contribution in [3.63, 3.8) is 0 Å². The van der Waals surface area contributed by atoms with Gasteiger partial charge in [-0.3, -0.25) is 0 Å². The van der Waals surface area contributed by atoms with Gasteiger partial charge in [0.15, 0.2) is 0 Å². The molecule has 5 nitrogen and oxygen atoms in total. The maximum Gasteiger partial charge on any atom is 1.00 e. The summed E-state index contributed by atoms with van der Waals surface area (Å²) >= 11 is 3.37. The van der Waals surface area contributed by atoms with Crippen LogP contribution in [0.25, 0.3) is 0 Å². The fraction of sp³-hybridized carbons (Fsp3) is 0.571. The molecule has 0 aromatic heterocycles. The average Bonchev–Trinajstić information content (AvgIpc) is 2.40. The van der Waals surface area contributed by atoms with Gasteiger partial charge in [0, 0.05) is 0 Å². The zero-order chi connectivity index (χ0) is 15.9. The molecule has 0 bridgehead atoms. The smallest absolute Gasteiger partial charge is 0.556 e. The number of benzene rings is 1. The molecule has 0 saturated heterocycles. The number of ether oxygens (including phenoxy) is 2. The zero-order valence-corrected chi connectivity index (χ0v) is 17.1. The molecule has 0 saturated carbocycles. The molecule has 0 unspecified atom stereocenters. The predicted molar refractivity (Wildman–Crippen MR) is 87.0 cm³/mol. The van der Waals surface area contributed by atoms with Gasteiger partial charge in [0.2, 0.25) is 0 Å². The van der Waals surface area contributed by atoms with E-state index in [1.54, 1.807) is 6.07 Å². The summed E-state index contributed by atoms with van der Waals surface area (Å²) in [4.78, 5) is 0. The first-order valence-corrected chi connectivity index (χ1v) is 8.10. The molecule has 0 heterocycles. The summed E-state index contributed by atoms with van der Waals surface area (Å²) in [6, 6.07) is 2.99. The van der Waals surface area contributed by atoms with E-state index < -0.39 is 6.75 Å². The molecule has 0 spiro atoms. The molecule has 120 valence electrons. The van der Waals surface area contributed by atoms with Crippen LogP contribution in [-0.2, 0) is 0 Å². The summed E-state index contributed by atoms with van der Waals surface area (Å²) in [5, 5.41) is 28.6. The Bertz CT molecular complexity index is 454. The Hall–Kier alpha value is 0.245. The molecule has 0 amide bonds. The van der Waals surface area contributed by atoms with Crippen LogP contribution >= 0.6 is 15.9 Å². The maximum atomic E-state index is 9.54. The number of rotatable bonds is 9. The molecular formula is C14H23BBrNaO5. The van der Waals surface area contributed by atoms with Crippen molar-refractivity contribution >= 4 is 28.1 Å². The van der Waals surface area contributed by atoms with Crippen LogP contribution in [0.15, 0.2) is 16.6 Å². The largest absolute Gasteiger partial charge is 1.00 e. The van der Waals surface area contributed by atoms with Crippen LogP contribution in [0.5, 0.6) is 11.5 Å². The first-order chi connectivity index (χ1) is 9.90. The Morgan fingerprint density at radius 2 is 1.45 bits per heavy atom. The fourth-order valence-corrected chi connectivity index (χ4v) is 2.18. The molecule has 0 fully saturated rings. The molecule has 1 aromatic carbocycles. The third kappa shape index (κ3) is 7.21. The first-order valence-electron chi connectivity index (χ1n) is 7.31. The Balaban J connectivity index is 0.00000441. The summed E-state index contributed by atoms with van der Waals surface area (Å²) in [5.74, 6) is 0.690. The van der Waals surface area contributed by atoms with E-state index >= 15 is 0 Å². The monoisotopic (exact) mass is 384 g/mol. The topological polar surface area (TPSA) is 79.2 Å². The van der Waals surface area contributed by atoms with Gasteiger partial charge in [0.05, 0.1) is 23.4 Å². The van der Waals surface area contributed by atoms with Crippen molar-refractivity contribution in [2.45, 2.75) is 39.5 Å².